The summed E-state index contributed by atoms with van der Waals surface area (Å²) < 4.78 is 10.6. The third kappa shape index (κ3) is 5.62. The van der Waals surface area contributed by atoms with Crippen LogP contribution in [0.5, 0.6) is 5.75 Å². The zero-order valence-electron chi connectivity index (χ0n) is 15.1. The largest absolute Gasteiger partial charge is 0.488 e. The zero-order chi connectivity index (χ0) is 19.1. The van der Waals surface area contributed by atoms with Gasteiger partial charge >= 0.3 is 5.97 Å². The molecule has 1 aliphatic rings. The molecule has 0 spiro atoms. The second kappa shape index (κ2) is 9.28. The first-order valence-electron chi connectivity index (χ1n) is 8.67. The fourth-order valence-corrected chi connectivity index (χ4v) is 3.27. The van der Waals surface area contributed by atoms with E-state index in [1.807, 2.05) is 31.2 Å². The van der Waals surface area contributed by atoms with Gasteiger partial charge in [0, 0.05) is 22.8 Å². The molecule has 2 aromatic carbocycles. The topological polar surface area (TPSA) is 64.6 Å². The molecule has 140 valence electrons. The first kappa shape index (κ1) is 19.0. The Bertz CT molecular complexity index is 846. The number of benzene rings is 2. The number of hydrogen-bond donors (Lipinski definition) is 1. The predicted octanol–water partition coefficient (Wildman–Crippen LogP) is 3.22. The maximum atomic E-state index is 12.1. The molecule has 5 nitrogen and oxygen atoms in total. The Kier molecular flexibility index (Phi) is 6.54. The summed E-state index contributed by atoms with van der Waals surface area (Å²) in [5, 5.41) is 2.75. The third-order valence-electron chi connectivity index (χ3n) is 3.94. The summed E-state index contributed by atoms with van der Waals surface area (Å²) in [6.07, 6.45) is 1.73. The lowest BCUT2D eigenvalue weighted by atomic mass is 10.1. The van der Waals surface area contributed by atoms with Crippen LogP contribution in [0.25, 0.3) is 6.08 Å². The summed E-state index contributed by atoms with van der Waals surface area (Å²) in [7, 11) is 0. The van der Waals surface area contributed by atoms with Gasteiger partial charge in [0.25, 0.3) is 5.91 Å². The Morgan fingerprint density at radius 1 is 1.15 bits per heavy atom. The summed E-state index contributed by atoms with van der Waals surface area (Å²) >= 11 is 1.66. The molecule has 1 N–H and O–H groups in total. The molecule has 0 fully saturated rings. The summed E-state index contributed by atoms with van der Waals surface area (Å²) in [5.74, 6) is 0.635. The van der Waals surface area contributed by atoms with E-state index in [0.29, 0.717) is 12.1 Å². The molecule has 1 aliphatic heterocycles. The number of ether oxygens (including phenoxy) is 2. The Morgan fingerprint density at radius 3 is 2.74 bits per heavy atom. The lowest BCUT2D eigenvalue weighted by Gasteiger charge is -2.16. The molecule has 0 unspecified atom stereocenters. The minimum Gasteiger partial charge on any atom is -0.488 e. The zero-order valence-corrected chi connectivity index (χ0v) is 15.9. The van der Waals surface area contributed by atoms with Gasteiger partial charge in [0.1, 0.15) is 12.4 Å². The summed E-state index contributed by atoms with van der Waals surface area (Å²) in [4.78, 5) is 25.1. The Labute approximate surface area is 162 Å². The number of amides is 1. The molecular weight excluding hydrogens is 362 g/mol. The van der Waals surface area contributed by atoms with E-state index in [9.17, 15) is 9.59 Å². The molecule has 0 bridgehead atoms. The van der Waals surface area contributed by atoms with E-state index in [2.05, 4.69) is 29.6 Å². The number of nitrogens with one attached hydrogen (secondary N) is 1. The number of thioether (sulfide) groups is 1. The molecule has 3 rings (SSSR count). The predicted molar refractivity (Wildman–Crippen MR) is 106 cm³/mol. The lowest BCUT2D eigenvalue weighted by molar-refractivity contribution is -0.145. The lowest BCUT2D eigenvalue weighted by Crippen LogP contribution is -2.31. The molecule has 1 amide bonds. The number of hydrogen-bond acceptors (Lipinski definition) is 5. The minimum atomic E-state index is -0.534. The van der Waals surface area contributed by atoms with Crippen LogP contribution in [-0.4, -0.2) is 37.4 Å². The quantitative estimate of drug-likeness (QED) is 0.452. The second-order valence-corrected chi connectivity index (χ2v) is 7.25. The van der Waals surface area contributed by atoms with E-state index in [-0.39, 0.29) is 19.1 Å². The Hall–Kier alpha value is -2.73. The maximum absolute atomic E-state index is 12.1. The van der Waals surface area contributed by atoms with Crippen molar-refractivity contribution in [1.29, 1.82) is 0 Å². The molecule has 2 aromatic rings. The molecule has 27 heavy (non-hydrogen) atoms. The van der Waals surface area contributed by atoms with Gasteiger partial charge in [-0.3, -0.25) is 4.79 Å². The van der Waals surface area contributed by atoms with Crippen LogP contribution < -0.4 is 10.1 Å². The highest BCUT2D eigenvalue weighted by Gasteiger charge is 2.18. The van der Waals surface area contributed by atoms with Crippen LogP contribution in [0.2, 0.25) is 0 Å². The molecule has 0 radical (unpaired) electrons. The van der Waals surface area contributed by atoms with Crippen LogP contribution in [0.15, 0.2) is 59.0 Å². The number of rotatable bonds is 7. The summed E-state index contributed by atoms with van der Waals surface area (Å²) in [5.41, 5.74) is 2.45. The van der Waals surface area contributed by atoms with Crippen molar-refractivity contribution < 1.29 is 19.1 Å². The number of esters is 1. The van der Waals surface area contributed by atoms with E-state index < -0.39 is 5.97 Å². The number of fused-ring (bicyclic) bond motifs is 1. The second-order valence-electron chi connectivity index (χ2n) is 6.08. The van der Waals surface area contributed by atoms with Crippen LogP contribution in [0.4, 0.5) is 0 Å². The maximum Gasteiger partial charge on any atom is 0.338 e. The van der Waals surface area contributed by atoms with E-state index >= 15 is 0 Å². The minimum absolute atomic E-state index is 0.144. The molecule has 6 heteroatoms. The van der Waals surface area contributed by atoms with Gasteiger partial charge < -0.3 is 14.8 Å². The van der Waals surface area contributed by atoms with Crippen molar-refractivity contribution >= 4 is 29.7 Å². The van der Waals surface area contributed by atoms with E-state index in [0.717, 1.165) is 22.0 Å². The van der Waals surface area contributed by atoms with Gasteiger partial charge in [0.2, 0.25) is 0 Å². The number of para-hydroxylation sites is 1. The summed E-state index contributed by atoms with van der Waals surface area (Å²) in [6.45, 7) is 2.40. The first-order valence-corrected chi connectivity index (χ1v) is 9.66. The van der Waals surface area contributed by atoms with Gasteiger partial charge in [0.05, 0.1) is 5.57 Å². The molecule has 0 saturated carbocycles. The molecule has 0 atom stereocenters. The van der Waals surface area contributed by atoms with E-state index in [1.54, 1.807) is 17.8 Å². The molecule has 0 aliphatic carbocycles. The van der Waals surface area contributed by atoms with Gasteiger partial charge in [-0.05, 0) is 31.2 Å². The van der Waals surface area contributed by atoms with Crippen LogP contribution in [0, 0.1) is 6.92 Å². The fraction of sp³-hybridized carbons (Fsp3) is 0.238. The van der Waals surface area contributed by atoms with Crippen LogP contribution in [0.3, 0.4) is 0 Å². The van der Waals surface area contributed by atoms with E-state index in [1.165, 1.54) is 5.56 Å². The average molecular weight is 383 g/mol. The smallest absolute Gasteiger partial charge is 0.338 e. The standard InChI is InChI=1S/C21H21NO4S/c1-15-6-8-18(9-7-15)27-11-10-22-20(23)14-26-21(24)17-12-16-4-2-3-5-19(16)25-13-17/h2-9,12H,10-11,13-14H2,1H3,(H,22,23). The van der Waals surface area contributed by atoms with Crippen molar-refractivity contribution in [3.8, 4) is 5.75 Å². The van der Waals surface area contributed by atoms with Crippen molar-refractivity contribution in [2.45, 2.75) is 11.8 Å². The van der Waals surface area contributed by atoms with Crippen LogP contribution in [0.1, 0.15) is 11.1 Å². The number of carbonyl (C=O) groups is 2. The van der Waals surface area contributed by atoms with E-state index in [4.69, 9.17) is 9.47 Å². The Balaban J connectivity index is 1.37. The van der Waals surface area contributed by atoms with Gasteiger partial charge in [-0.25, -0.2) is 4.79 Å². The molecule has 1 heterocycles. The number of aryl methyl sites for hydroxylation is 1. The monoisotopic (exact) mass is 383 g/mol. The number of carbonyl (C=O) groups excluding carboxylic acids is 2. The highest BCUT2D eigenvalue weighted by Crippen LogP contribution is 2.26. The normalized spacial score (nSPS) is 12.4. The molecule has 0 saturated heterocycles. The highest BCUT2D eigenvalue weighted by molar-refractivity contribution is 7.99. The average Bonchev–Trinajstić information content (AvgIpc) is 2.70. The highest BCUT2D eigenvalue weighted by atomic mass is 32.2. The van der Waals surface area contributed by atoms with Crippen LogP contribution >= 0.6 is 11.8 Å². The SMILES string of the molecule is Cc1ccc(SCCNC(=O)COC(=O)C2=Cc3ccccc3OC2)cc1. The first-order chi connectivity index (χ1) is 13.1. The van der Waals surface area contributed by atoms with Crippen molar-refractivity contribution in [2.75, 3.05) is 25.5 Å². The van der Waals surface area contributed by atoms with Gasteiger partial charge in [0.15, 0.2) is 6.61 Å². The van der Waals surface area contributed by atoms with Crippen molar-refractivity contribution in [3.05, 3.63) is 65.2 Å². The third-order valence-corrected chi connectivity index (χ3v) is 4.96. The van der Waals surface area contributed by atoms with Crippen molar-refractivity contribution in [3.63, 3.8) is 0 Å². The summed E-state index contributed by atoms with van der Waals surface area (Å²) in [6, 6.07) is 15.7. The van der Waals surface area contributed by atoms with Crippen molar-refractivity contribution in [1.82, 2.24) is 5.32 Å². The molecular formula is C21H21NO4S. The van der Waals surface area contributed by atoms with Gasteiger partial charge in [-0.15, -0.1) is 11.8 Å². The van der Waals surface area contributed by atoms with Gasteiger partial charge in [-0.1, -0.05) is 35.9 Å². The van der Waals surface area contributed by atoms with Crippen LogP contribution in [-0.2, 0) is 14.3 Å². The van der Waals surface area contributed by atoms with Gasteiger partial charge in [-0.2, -0.15) is 0 Å². The van der Waals surface area contributed by atoms with Crippen molar-refractivity contribution in [2.24, 2.45) is 0 Å². The Morgan fingerprint density at radius 2 is 1.93 bits per heavy atom. The fourth-order valence-electron chi connectivity index (χ4n) is 2.50. The molecule has 0 aromatic heterocycles.